The predicted octanol–water partition coefficient (Wildman–Crippen LogP) is 1.62. The Bertz CT molecular complexity index is 763. The van der Waals surface area contributed by atoms with Crippen LogP contribution in [0.5, 0.6) is 5.75 Å². The normalized spacial score (nSPS) is 9.92. The molecule has 25 heavy (non-hydrogen) atoms. The second-order valence-corrected chi connectivity index (χ2v) is 5.89. The zero-order valence-electron chi connectivity index (χ0n) is 13.9. The highest BCUT2D eigenvalue weighted by atomic mass is 32.1. The van der Waals surface area contributed by atoms with Gasteiger partial charge in [0, 0.05) is 10.9 Å². The molecule has 6 nitrogen and oxygen atoms in total. The molecule has 0 bridgehead atoms. The SMILES string of the molecule is C#CCNC(=O)CNC(=O)Cc1csc(-c2ccc(OCC)cc2)n1. The van der Waals surface area contributed by atoms with Crippen LogP contribution in [-0.4, -0.2) is 36.5 Å². The number of aromatic nitrogens is 1. The van der Waals surface area contributed by atoms with Crippen LogP contribution in [0.4, 0.5) is 0 Å². The lowest BCUT2D eigenvalue weighted by Crippen LogP contribution is -2.37. The van der Waals surface area contributed by atoms with Crippen molar-refractivity contribution < 1.29 is 14.3 Å². The molecule has 0 aliphatic heterocycles. The molecule has 130 valence electrons. The Morgan fingerprint density at radius 1 is 1.24 bits per heavy atom. The van der Waals surface area contributed by atoms with Crippen LogP contribution in [0.25, 0.3) is 10.6 Å². The number of carbonyl (C=O) groups is 2. The third-order valence-electron chi connectivity index (χ3n) is 3.14. The molecule has 0 saturated carbocycles. The van der Waals surface area contributed by atoms with Gasteiger partial charge in [-0.05, 0) is 31.2 Å². The highest BCUT2D eigenvalue weighted by Gasteiger charge is 2.10. The van der Waals surface area contributed by atoms with E-state index < -0.39 is 0 Å². The molecule has 0 radical (unpaired) electrons. The number of benzene rings is 1. The first-order valence-corrected chi connectivity index (χ1v) is 8.64. The summed E-state index contributed by atoms with van der Waals surface area (Å²) in [5.41, 5.74) is 1.63. The van der Waals surface area contributed by atoms with E-state index in [2.05, 4.69) is 21.5 Å². The Morgan fingerprint density at radius 2 is 2.00 bits per heavy atom. The Morgan fingerprint density at radius 3 is 2.68 bits per heavy atom. The van der Waals surface area contributed by atoms with Gasteiger partial charge in [-0.1, -0.05) is 5.92 Å². The third-order valence-corrected chi connectivity index (χ3v) is 4.08. The maximum atomic E-state index is 11.9. The van der Waals surface area contributed by atoms with Crippen molar-refractivity contribution in [1.82, 2.24) is 15.6 Å². The second kappa shape index (κ2) is 9.45. The van der Waals surface area contributed by atoms with Gasteiger partial charge in [0.05, 0.1) is 31.8 Å². The molecule has 0 atom stereocenters. The minimum absolute atomic E-state index is 0.101. The van der Waals surface area contributed by atoms with E-state index in [0.717, 1.165) is 16.3 Å². The Kier molecular flexibility index (Phi) is 6.99. The fraction of sp³-hybridized carbons (Fsp3) is 0.278. The van der Waals surface area contributed by atoms with E-state index in [-0.39, 0.29) is 31.3 Å². The van der Waals surface area contributed by atoms with Crippen LogP contribution < -0.4 is 15.4 Å². The van der Waals surface area contributed by atoms with Crippen LogP contribution in [0.3, 0.4) is 0 Å². The first kappa shape index (κ1) is 18.5. The van der Waals surface area contributed by atoms with E-state index in [1.165, 1.54) is 11.3 Å². The molecule has 0 unspecified atom stereocenters. The number of ether oxygens (including phenoxy) is 1. The van der Waals surface area contributed by atoms with Crippen LogP contribution in [-0.2, 0) is 16.0 Å². The minimum Gasteiger partial charge on any atom is -0.494 e. The summed E-state index contributed by atoms with van der Waals surface area (Å²) in [5.74, 6) is 2.52. The number of terminal acetylenes is 1. The van der Waals surface area contributed by atoms with Crippen molar-refractivity contribution in [1.29, 1.82) is 0 Å². The van der Waals surface area contributed by atoms with E-state index in [1.54, 1.807) is 0 Å². The van der Waals surface area contributed by atoms with E-state index in [4.69, 9.17) is 11.2 Å². The Labute approximate surface area is 150 Å². The van der Waals surface area contributed by atoms with Gasteiger partial charge < -0.3 is 15.4 Å². The van der Waals surface area contributed by atoms with Crippen LogP contribution in [0.2, 0.25) is 0 Å². The van der Waals surface area contributed by atoms with Gasteiger partial charge in [-0.25, -0.2) is 4.98 Å². The summed E-state index contributed by atoms with van der Waals surface area (Å²) in [4.78, 5) is 27.7. The fourth-order valence-corrected chi connectivity index (χ4v) is 2.82. The molecule has 7 heteroatoms. The van der Waals surface area contributed by atoms with Crippen LogP contribution in [0, 0.1) is 12.3 Å². The van der Waals surface area contributed by atoms with Crippen molar-refractivity contribution in [2.75, 3.05) is 19.7 Å². The zero-order chi connectivity index (χ0) is 18.1. The zero-order valence-corrected chi connectivity index (χ0v) is 14.7. The molecule has 0 saturated heterocycles. The van der Waals surface area contributed by atoms with Gasteiger partial charge in [-0.3, -0.25) is 9.59 Å². The van der Waals surface area contributed by atoms with Crippen molar-refractivity contribution in [3.8, 4) is 28.7 Å². The molecule has 2 amide bonds. The van der Waals surface area contributed by atoms with Gasteiger partial charge in [-0.2, -0.15) is 0 Å². The lowest BCUT2D eigenvalue weighted by Gasteiger charge is -2.04. The number of nitrogens with zero attached hydrogens (tertiary/aromatic N) is 1. The van der Waals surface area contributed by atoms with Gasteiger partial charge in [0.25, 0.3) is 0 Å². The fourth-order valence-electron chi connectivity index (χ4n) is 2.00. The molecule has 1 heterocycles. The largest absolute Gasteiger partial charge is 0.494 e. The van der Waals surface area contributed by atoms with E-state index in [0.29, 0.717) is 12.3 Å². The van der Waals surface area contributed by atoms with Crippen LogP contribution in [0.1, 0.15) is 12.6 Å². The average molecular weight is 357 g/mol. The summed E-state index contributed by atoms with van der Waals surface area (Å²) < 4.78 is 5.41. The molecular weight excluding hydrogens is 338 g/mol. The second-order valence-electron chi connectivity index (χ2n) is 5.04. The molecule has 2 aromatic rings. The molecule has 2 N–H and O–H groups in total. The topological polar surface area (TPSA) is 80.3 Å². The summed E-state index contributed by atoms with van der Waals surface area (Å²) in [5, 5.41) is 7.68. The van der Waals surface area contributed by atoms with Crippen molar-refractivity contribution in [2.45, 2.75) is 13.3 Å². The lowest BCUT2D eigenvalue weighted by atomic mass is 10.2. The van der Waals surface area contributed by atoms with Gasteiger partial charge in [0.1, 0.15) is 10.8 Å². The number of hydrogen-bond donors (Lipinski definition) is 2. The molecule has 0 fully saturated rings. The summed E-state index contributed by atoms with van der Waals surface area (Å²) in [7, 11) is 0. The number of amides is 2. The molecule has 1 aromatic carbocycles. The molecule has 1 aromatic heterocycles. The van der Waals surface area contributed by atoms with E-state index >= 15 is 0 Å². The molecule has 2 rings (SSSR count). The van der Waals surface area contributed by atoms with Gasteiger partial charge in [-0.15, -0.1) is 17.8 Å². The first-order chi connectivity index (χ1) is 12.1. The minimum atomic E-state index is -0.320. The third kappa shape index (κ3) is 5.94. The smallest absolute Gasteiger partial charge is 0.240 e. The van der Waals surface area contributed by atoms with E-state index in [1.807, 2.05) is 36.6 Å². The molecule has 0 spiro atoms. The molecular formula is C18H19N3O3S. The summed E-state index contributed by atoms with van der Waals surface area (Å²) in [6.45, 7) is 2.60. The number of rotatable bonds is 8. The predicted molar refractivity (Wildman–Crippen MR) is 97.3 cm³/mol. The summed E-state index contributed by atoms with van der Waals surface area (Å²) in [6.07, 6.45) is 5.16. The summed E-state index contributed by atoms with van der Waals surface area (Å²) in [6, 6.07) is 7.65. The lowest BCUT2D eigenvalue weighted by molar-refractivity contribution is -0.125. The van der Waals surface area contributed by atoms with Crippen LogP contribution >= 0.6 is 11.3 Å². The number of nitrogens with one attached hydrogen (secondary N) is 2. The molecule has 0 aliphatic rings. The van der Waals surface area contributed by atoms with Gasteiger partial charge >= 0.3 is 0 Å². The van der Waals surface area contributed by atoms with E-state index in [9.17, 15) is 9.59 Å². The maximum absolute atomic E-state index is 11.9. The standard InChI is InChI=1S/C18H19N3O3S/c1-3-9-19-17(23)11-20-16(22)10-14-12-25-18(21-14)13-5-7-15(8-6-13)24-4-2/h1,5-8,12H,4,9-11H2,2H3,(H,19,23)(H,20,22). The highest BCUT2D eigenvalue weighted by molar-refractivity contribution is 7.13. The van der Waals surface area contributed by atoms with Crippen molar-refractivity contribution >= 4 is 23.2 Å². The quantitative estimate of drug-likeness (QED) is 0.704. The number of carbonyl (C=O) groups excluding carboxylic acids is 2. The molecule has 0 aliphatic carbocycles. The van der Waals surface area contributed by atoms with Gasteiger partial charge in [0.15, 0.2) is 0 Å². The average Bonchev–Trinajstić information content (AvgIpc) is 3.07. The number of hydrogen-bond acceptors (Lipinski definition) is 5. The van der Waals surface area contributed by atoms with Crippen molar-refractivity contribution in [3.05, 3.63) is 35.3 Å². The van der Waals surface area contributed by atoms with Crippen molar-refractivity contribution in [2.24, 2.45) is 0 Å². The Balaban J connectivity index is 1.87. The highest BCUT2D eigenvalue weighted by Crippen LogP contribution is 2.25. The number of thiazole rings is 1. The summed E-state index contributed by atoms with van der Waals surface area (Å²) >= 11 is 1.47. The maximum Gasteiger partial charge on any atom is 0.240 e. The Hall–Kier alpha value is -2.85. The van der Waals surface area contributed by atoms with Crippen LogP contribution in [0.15, 0.2) is 29.6 Å². The van der Waals surface area contributed by atoms with Gasteiger partial charge in [0.2, 0.25) is 11.8 Å². The first-order valence-electron chi connectivity index (χ1n) is 7.77. The van der Waals surface area contributed by atoms with Crippen molar-refractivity contribution in [3.63, 3.8) is 0 Å². The monoisotopic (exact) mass is 357 g/mol.